The molecule has 9 heteroatoms. The van der Waals surface area contributed by atoms with Gasteiger partial charge >= 0.3 is 0 Å². The van der Waals surface area contributed by atoms with E-state index in [-0.39, 0.29) is 28.7 Å². The third kappa shape index (κ3) is 4.77. The van der Waals surface area contributed by atoms with E-state index in [1.54, 1.807) is 6.07 Å². The molecule has 2 rings (SSSR count). The number of para-hydroxylation sites is 1. The molecule has 25 heavy (non-hydrogen) atoms. The van der Waals surface area contributed by atoms with Crippen LogP contribution in [0.1, 0.15) is 0 Å². The summed E-state index contributed by atoms with van der Waals surface area (Å²) in [5.74, 6) is -0.477. The van der Waals surface area contributed by atoms with Crippen LogP contribution < -0.4 is 4.74 Å². The number of sulfonamides is 1. The standard InChI is InChI=1S/C16H18FNO5S2/c1-18(11-12-23-16-6-4-3-5-15(16)17)25(21,22)14-9-7-13(8-10-14)24(2,19)20/h3-10H,11-12H2,1-2H3. The molecule has 0 aliphatic carbocycles. The van der Waals surface area contributed by atoms with Crippen LogP contribution in [0.25, 0.3) is 0 Å². The SMILES string of the molecule is CN(CCOc1ccccc1F)S(=O)(=O)c1ccc(S(C)(=O)=O)cc1. The summed E-state index contributed by atoms with van der Waals surface area (Å²) in [6.45, 7) is -0.0252. The zero-order valence-electron chi connectivity index (χ0n) is 13.7. The first-order chi connectivity index (χ1) is 11.6. The maximum atomic E-state index is 13.4. The average Bonchev–Trinajstić information content (AvgIpc) is 2.55. The van der Waals surface area contributed by atoms with Crippen molar-refractivity contribution in [3.63, 3.8) is 0 Å². The Morgan fingerprint density at radius 2 is 1.52 bits per heavy atom. The van der Waals surface area contributed by atoms with Crippen LogP contribution >= 0.6 is 0 Å². The lowest BCUT2D eigenvalue weighted by Gasteiger charge is -2.17. The van der Waals surface area contributed by atoms with Gasteiger partial charge in [0.1, 0.15) is 6.61 Å². The molecular formula is C16H18FNO5S2. The van der Waals surface area contributed by atoms with Crippen LogP contribution in [-0.2, 0) is 19.9 Å². The van der Waals surface area contributed by atoms with Crippen LogP contribution in [0, 0.1) is 5.82 Å². The lowest BCUT2D eigenvalue weighted by molar-refractivity contribution is 0.275. The van der Waals surface area contributed by atoms with Crippen LogP contribution in [-0.4, -0.2) is 47.6 Å². The van der Waals surface area contributed by atoms with Gasteiger partial charge in [-0.1, -0.05) is 12.1 Å². The molecule has 0 fully saturated rings. The first-order valence-electron chi connectivity index (χ1n) is 7.26. The minimum Gasteiger partial charge on any atom is -0.489 e. The average molecular weight is 387 g/mol. The van der Waals surface area contributed by atoms with E-state index >= 15 is 0 Å². The van der Waals surface area contributed by atoms with E-state index in [4.69, 9.17) is 4.74 Å². The summed E-state index contributed by atoms with van der Waals surface area (Å²) in [5, 5.41) is 0. The largest absolute Gasteiger partial charge is 0.489 e. The second-order valence-electron chi connectivity index (χ2n) is 5.35. The number of hydrogen-bond donors (Lipinski definition) is 0. The Balaban J connectivity index is 2.05. The Bertz CT molecular complexity index is 941. The number of halogens is 1. The summed E-state index contributed by atoms with van der Waals surface area (Å²) in [6.07, 6.45) is 1.04. The molecule has 2 aromatic rings. The Morgan fingerprint density at radius 1 is 0.960 bits per heavy atom. The van der Waals surface area contributed by atoms with E-state index in [2.05, 4.69) is 0 Å². The highest BCUT2D eigenvalue weighted by molar-refractivity contribution is 7.90. The predicted octanol–water partition coefficient (Wildman–Crippen LogP) is 1.93. The van der Waals surface area contributed by atoms with Crippen molar-refractivity contribution in [3.8, 4) is 5.75 Å². The first-order valence-corrected chi connectivity index (χ1v) is 10.6. The molecule has 0 heterocycles. The molecule has 0 amide bonds. The lowest BCUT2D eigenvalue weighted by atomic mass is 10.3. The van der Waals surface area contributed by atoms with E-state index in [0.29, 0.717) is 0 Å². The fourth-order valence-electron chi connectivity index (χ4n) is 2.00. The zero-order valence-corrected chi connectivity index (χ0v) is 15.3. The van der Waals surface area contributed by atoms with Gasteiger partial charge < -0.3 is 4.74 Å². The highest BCUT2D eigenvalue weighted by Gasteiger charge is 2.21. The van der Waals surface area contributed by atoms with Crippen LogP contribution in [0.15, 0.2) is 58.3 Å². The van der Waals surface area contributed by atoms with Gasteiger partial charge in [0.2, 0.25) is 10.0 Å². The number of likely N-dealkylation sites (N-methyl/N-ethyl adjacent to an activating group) is 1. The van der Waals surface area contributed by atoms with E-state index < -0.39 is 25.7 Å². The molecule has 0 unspecified atom stereocenters. The summed E-state index contributed by atoms with van der Waals surface area (Å²) in [5.41, 5.74) is 0. The van der Waals surface area contributed by atoms with Gasteiger partial charge in [0.15, 0.2) is 21.4 Å². The molecule has 0 atom stereocenters. The van der Waals surface area contributed by atoms with Crippen molar-refractivity contribution >= 4 is 19.9 Å². The van der Waals surface area contributed by atoms with E-state index in [1.807, 2.05) is 0 Å². The fourth-order valence-corrected chi connectivity index (χ4v) is 3.79. The third-order valence-electron chi connectivity index (χ3n) is 3.46. The minimum atomic E-state index is -3.80. The van der Waals surface area contributed by atoms with Gasteiger partial charge in [-0.05, 0) is 36.4 Å². The summed E-state index contributed by atoms with van der Waals surface area (Å²) in [6, 6.07) is 10.8. The quantitative estimate of drug-likeness (QED) is 0.725. The topological polar surface area (TPSA) is 80.8 Å². The van der Waals surface area contributed by atoms with Crippen molar-refractivity contribution in [2.75, 3.05) is 26.5 Å². The van der Waals surface area contributed by atoms with Crippen molar-refractivity contribution < 1.29 is 26.0 Å². The van der Waals surface area contributed by atoms with Crippen molar-refractivity contribution in [1.29, 1.82) is 0 Å². The molecule has 0 bridgehead atoms. The van der Waals surface area contributed by atoms with Gasteiger partial charge in [-0.2, -0.15) is 4.31 Å². The normalized spacial score (nSPS) is 12.3. The van der Waals surface area contributed by atoms with Gasteiger partial charge in [0.05, 0.1) is 9.79 Å². The molecule has 0 saturated heterocycles. The summed E-state index contributed by atoms with van der Waals surface area (Å²) >= 11 is 0. The molecule has 0 N–H and O–H groups in total. The second-order valence-corrected chi connectivity index (χ2v) is 9.41. The molecule has 6 nitrogen and oxygen atoms in total. The summed E-state index contributed by atoms with van der Waals surface area (Å²) in [7, 11) is -5.83. The molecule has 0 aliphatic heterocycles. The summed E-state index contributed by atoms with van der Waals surface area (Å²) < 4.78 is 67.5. The number of benzene rings is 2. The van der Waals surface area contributed by atoms with E-state index in [1.165, 1.54) is 49.5 Å². The summed E-state index contributed by atoms with van der Waals surface area (Å²) in [4.78, 5) is 0.00489. The lowest BCUT2D eigenvalue weighted by Crippen LogP contribution is -2.31. The highest BCUT2D eigenvalue weighted by Crippen LogP contribution is 2.18. The number of ether oxygens (including phenoxy) is 1. The van der Waals surface area contributed by atoms with Gasteiger partial charge in [-0.3, -0.25) is 0 Å². The van der Waals surface area contributed by atoms with Gasteiger partial charge in [0, 0.05) is 19.8 Å². The predicted molar refractivity (Wildman–Crippen MR) is 91.3 cm³/mol. The number of rotatable bonds is 7. The molecular weight excluding hydrogens is 369 g/mol. The Labute approximate surface area is 146 Å². The molecule has 0 aliphatic rings. The van der Waals surface area contributed by atoms with Crippen molar-refractivity contribution in [1.82, 2.24) is 4.31 Å². The number of nitrogens with zero attached hydrogens (tertiary/aromatic N) is 1. The molecule has 136 valence electrons. The first kappa shape index (κ1) is 19.4. The Kier molecular flexibility index (Phi) is 5.81. The second kappa shape index (κ2) is 7.51. The molecule has 2 aromatic carbocycles. The smallest absolute Gasteiger partial charge is 0.242 e. The number of sulfone groups is 1. The van der Waals surface area contributed by atoms with Crippen molar-refractivity contribution in [2.45, 2.75) is 9.79 Å². The van der Waals surface area contributed by atoms with Gasteiger partial charge in [0.25, 0.3) is 0 Å². The molecule has 0 aromatic heterocycles. The minimum absolute atomic E-state index is 0.00446. The Morgan fingerprint density at radius 3 is 2.08 bits per heavy atom. The number of hydrogen-bond acceptors (Lipinski definition) is 5. The molecule has 0 spiro atoms. The van der Waals surface area contributed by atoms with Crippen LogP contribution in [0.5, 0.6) is 5.75 Å². The van der Waals surface area contributed by atoms with Gasteiger partial charge in [-0.15, -0.1) is 0 Å². The van der Waals surface area contributed by atoms with Crippen molar-refractivity contribution in [3.05, 3.63) is 54.3 Å². The maximum absolute atomic E-state index is 13.4. The van der Waals surface area contributed by atoms with E-state index in [9.17, 15) is 21.2 Å². The fraction of sp³-hybridized carbons (Fsp3) is 0.250. The van der Waals surface area contributed by atoms with E-state index in [0.717, 1.165) is 10.6 Å². The van der Waals surface area contributed by atoms with Crippen LogP contribution in [0.4, 0.5) is 4.39 Å². The van der Waals surface area contributed by atoms with Gasteiger partial charge in [-0.25, -0.2) is 21.2 Å². The Hall–Kier alpha value is -1.97. The third-order valence-corrected chi connectivity index (χ3v) is 6.46. The molecule has 0 radical (unpaired) electrons. The monoisotopic (exact) mass is 387 g/mol. The zero-order chi connectivity index (χ0) is 18.7. The van der Waals surface area contributed by atoms with Crippen LogP contribution in [0.2, 0.25) is 0 Å². The molecule has 0 saturated carbocycles. The van der Waals surface area contributed by atoms with Crippen LogP contribution in [0.3, 0.4) is 0 Å². The van der Waals surface area contributed by atoms with Crippen molar-refractivity contribution in [2.24, 2.45) is 0 Å². The highest BCUT2D eigenvalue weighted by atomic mass is 32.2. The maximum Gasteiger partial charge on any atom is 0.242 e.